The van der Waals surface area contributed by atoms with Gasteiger partial charge in [0.15, 0.2) is 0 Å². The van der Waals surface area contributed by atoms with Gasteiger partial charge in [-0.05, 0) is 31.0 Å². The molecule has 0 N–H and O–H groups in total. The zero-order valence-electron chi connectivity index (χ0n) is 13.8. The fourth-order valence-electron chi connectivity index (χ4n) is 2.51. The van der Waals surface area contributed by atoms with Gasteiger partial charge in [0, 0.05) is 32.2 Å². The average molecular weight is 373 g/mol. The summed E-state index contributed by atoms with van der Waals surface area (Å²) in [6, 6.07) is 4.54. The molecule has 24 heavy (non-hydrogen) atoms. The lowest BCUT2D eigenvalue weighted by molar-refractivity contribution is 0.0546. The van der Waals surface area contributed by atoms with Gasteiger partial charge >= 0.3 is 5.97 Å². The highest BCUT2D eigenvalue weighted by Crippen LogP contribution is 2.28. The number of sulfonamides is 1. The van der Waals surface area contributed by atoms with Crippen molar-refractivity contribution in [3.8, 4) is 0 Å². The van der Waals surface area contributed by atoms with Crippen LogP contribution in [0.1, 0.15) is 23.2 Å². The van der Waals surface area contributed by atoms with Gasteiger partial charge in [0.1, 0.15) is 6.61 Å². The Bertz CT molecular complexity index is 740. The number of benzene rings is 1. The summed E-state index contributed by atoms with van der Waals surface area (Å²) in [5.74, 6) is -0.616. The quantitative estimate of drug-likeness (QED) is 0.717. The van der Waals surface area contributed by atoms with Gasteiger partial charge in [0.05, 0.1) is 16.1 Å². The molecule has 0 aromatic heterocycles. The van der Waals surface area contributed by atoms with Crippen molar-refractivity contribution >= 4 is 33.3 Å². The predicted molar refractivity (Wildman–Crippen MR) is 94.0 cm³/mol. The number of nitrogens with zero attached hydrogens (tertiary/aromatic N) is 2. The van der Waals surface area contributed by atoms with Crippen LogP contribution in [-0.4, -0.2) is 52.5 Å². The van der Waals surface area contributed by atoms with E-state index in [4.69, 9.17) is 16.3 Å². The number of carbonyl (C=O) groups excluding carboxylic acids is 1. The molecule has 0 saturated carbocycles. The summed E-state index contributed by atoms with van der Waals surface area (Å²) in [4.78, 5) is 14.5. The smallest absolute Gasteiger partial charge is 0.340 e. The first-order chi connectivity index (χ1) is 11.2. The summed E-state index contributed by atoms with van der Waals surface area (Å²) in [6.07, 6.45) is 2.06. The highest BCUT2D eigenvalue weighted by Gasteiger charge is 2.25. The Morgan fingerprint density at radius 3 is 2.50 bits per heavy atom. The van der Waals surface area contributed by atoms with E-state index in [2.05, 4.69) is 11.5 Å². The Morgan fingerprint density at radius 2 is 1.96 bits per heavy atom. The molecular formula is C16H21ClN2O4S. The van der Waals surface area contributed by atoms with Crippen molar-refractivity contribution in [2.45, 2.75) is 17.7 Å². The summed E-state index contributed by atoms with van der Waals surface area (Å²) in [5, 5.41) is 0.197. The van der Waals surface area contributed by atoms with Crippen molar-refractivity contribution in [2.75, 3.05) is 38.7 Å². The van der Waals surface area contributed by atoms with Crippen LogP contribution in [0, 0.1) is 0 Å². The van der Waals surface area contributed by atoms with Gasteiger partial charge in [-0.25, -0.2) is 17.5 Å². The number of halogens is 1. The van der Waals surface area contributed by atoms with Gasteiger partial charge in [0.25, 0.3) is 0 Å². The van der Waals surface area contributed by atoms with Crippen molar-refractivity contribution in [3.05, 3.63) is 35.4 Å². The lowest BCUT2D eigenvalue weighted by atomic mass is 10.1. The number of anilines is 1. The minimum absolute atomic E-state index is 0.0482. The lowest BCUT2D eigenvalue weighted by Crippen LogP contribution is -2.25. The third-order valence-corrected chi connectivity index (χ3v) is 5.69. The monoisotopic (exact) mass is 372 g/mol. The molecule has 1 aromatic carbocycles. The van der Waals surface area contributed by atoms with E-state index in [9.17, 15) is 13.2 Å². The summed E-state index contributed by atoms with van der Waals surface area (Å²) in [7, 11) is -0.754. The molecule has 1 fully saturated rings. The number of ether oxygens (including phenoxy) is 1. The molecule has 0 amide bonds. The van der Waals surface area contributed by atoms with Crippen LogP contribution in [0.3, 0.4) is 0 Å². The van der Waals surface area contributed by atoms with Gasteiger partial charge < -0.3 is 9.64 Å². The maximum atomic E-state index is 12.4. The molecule has 132 valence electrons. The van der Waals surface area contributed by atoms with E-state index in [1.807, 2.05) is 0 Å². The van der Waals surface area contributed by atoms with E-state index in [0.29, 0.717) is 5.69 Å². The second-order valence-corrected chi connectivity index (χ2v) is 8.44. The van der Waals surface area contributed by atoms with E-state index in [0.717, 1.165) is 30.2 Å². The maximum Gasteiger partial charge on any atom is 0.340 e. The third kappa shape index (κ3) is 4.09. The van der Waals surface area contributed by atoms with E-state index in [1.165, 1.54) is 26.2 Å². The van der Waals surface area contributed by atoms with Crippen molar-refractivity contribution in [1.29, 1.82) is 0 Å². The molecule has 2 rings (SSSR count). The Labute approximate surface area is 147 Å². The first-order valence-electron chi connectivity index (χ1n) is 7.55. The zero-order valence-corrected chi connectivity index (χ0v) is 15.4. The normalized spacial score (nSPS) is 14.9. The molecule has 0 unspecified atom stereocenters. The Balaban J connectivity index is 2.45. The van der Waals surface area contributed by atoms with Crippen molar-refractivity contribution < 1.29 is 17.9 Å². The molecule has 6 nitrogen and oxygen atoms in total. The van der Waals surface area contributed by atoms with Crippen LogP contribution >= 0.6 is 11.6 Å². The summed E-state index contributed by atoms with van der Waals surface area (Å²) in [5.41, 5.74) is 0.896. The number of hydrogen-bond donors (Lipinski definition) is 0. The van der Waals surface area contributed by atoms with Crippen LogP contribution in [-0.2, 0) is 14.8 Å². The fourth-order valence-corrected chi connectivity index (χ4v) is 3.49. The van der Waals surface area contributed by atoms with Crippen LogP contribution in [0.15, 0.2) is 34.7 Å². The van der Waals surface area contributed by atoms with Gasteiger partial charge in [-0.1, -0.05) is 18.2 Å². The number of hydrogen-bond acceptors (Lipinski definition) is 5. The van der Waals surface area contributed by atoms with Crippen LogP contribution in [0.5, 0.6) is 0 Å². The fraction of sp³-hybridized carbons (Fsp3) is 0.438. The predicted octanol–water partition coefficient (Wildman–Crippen LogP) is 2.45. The van der Waals surface area contributed by atoms with Gasteiger partial charge in [-0.15, -0.1) is 0 Å². The zero-order chi connectivity index (χ0) is 17.9. The number of esters is 1. The molecule has 1 aromatic rings. The lowest BCUT2D eigenvalue weighted by Gasteiger charge is -2.22. The van der Waals surface area contributed by atoms with E-state index < -0.39 is 16.0 Å². The molecule has 0 spiro atoms. The van der Waals surface area contributed by atoms with E-state index in [1.54, 1.807) is 6.07 Å². The molecule has 1 saturated heterocycles. The standard InChI is InChI=1S/C16H21ClN2O4S/c1-12(17)11-23-16(20)14-10-13(24(21,22)18(2)3)6-7-15(14)19-8-4-5-9-19/h6-7,10H,1,4-5,8-9,11H2,2-3H3. The van der Waals surface area contributed by atoms with Crippen molar-refractivity contribution in [3.63, 3.8) is 0 Å². The van der Waals surface area contributed by atoms with Crippen LogP contribution in [0.4, 0.5) is 5.69 Å². The molecule has 0 radical (unpaired) electrons. The first kappa shape index (κ1) is 18.8. The molecule has 1 aliphatic rings. The Hall–Kier alpha value is -1.57. The van der Waals surface area contributed by atoms with Crippen LogP contribution in [0.2, 0.25) is 0 Å². The highest BCUT2D eigenvalue weighted by atomic mass is 35.5. The van der Waals surface area contributed by atoms with Gasteiger partial charge in [-0.2, -0.15) is 0 Å². The van der Waals surface area contributed by atoms with Crippen molar-refractivity contribution in [2.24, 2.45) is 0 Å². The molecule has 0 aliphatic carbocycles. The van der Waals surface area contributed by atoms with Gasteiger partial charge in [0.2, 0.25) is 10.0 Å². The van der Waals surface area contributed by atoms with Crippen LogP contribution in [0.25, 0.3) is 0 Å². The molecule has 0 atom stereocenters. The molecule has 8 heteroatoms. The third-order valence-electron chi connectivity index (χ3n) is 3.77. The number of rotatable bonds is 6. The largest absolute Gasteiger partial charge is 0.456 e. The summed E-state index contributed by atoms with van der Waals surface area (Å²) < 4.78 is 30.9. The van der Waals surface area contributed by atoms with Gasteiger partial charge in [-0.3, -0.25) is 0 Å². The molecule has 0 bridgehead atoms. The Kier molecular flexibility index (Phi) is 5.90. The molecule has 1 heterocycles. The Morgan fingerprint density at radius 1 is 1.33 bits per heavy atom. The molecular weight excluding hydrogens is 352 g/mol. The SMILES string of the molecule is C=C(Cl)COC(=O)c1cc(S(=O)(=O)N(C)C)ccc1N1CCCC1. The minimum Gasteiger partial charge on any atom is -0.456 e. The summed E-state index contributed by atoms with van der Waals surface area (Å²) >= 11 is 5.64. The second-order valence-electron chi connectivity index (χ2n) is 5.75. The number of carbonyl (C=O) groups is 1. The van der Waals surface area contributed by atoms with Crippen molar-refractivity contribution in [1.82, 2.24) is 4.31 Å². The summed E-state index contributed by atoms with van der Waals surface area (Å²) in [6.45, 7) is 5.00. The van der Waals surface area contributed by atoms with E-state index >= 15 is 0 Å². The topological polar surface area (TPSA) is 66.9 Å². The minimum atomic E-state index is -3.64. The first-order valence-corrected chi connectivity index (χ1v) is 9.37. The molecule has 1 aliphatic heterocycles. The van der Waals surface area contributed by atoms with E-state index in [-0.39, 0.29) is 22.1 Å². The van der Waals surface area contributed by atoms with Crippen LogP contribution < -0.4 is 4.90 Å². The highest BCUT2D eigenvalue weighted by molar-refractivity contribution is 7.89. The average Bonchev–Trinajstić information content (AvgIpc) is 3.06. The maximum absolute atomic E-state index is 12.4. The second kappa shape index (κ2) is 7.55.